The van der Waals surface area contributed by atoms with Crippen LogP contribution in [0, 0.1) is 6.92 Å². The Morgan fingerprint density at radius 3 is 2.46 bits per heavy atom. The van der Waals surface area contributed by atoms with Crippen LogP contribution in [-0.4, -0.2) is 31.2 Å². The summed E-state index contributed by atoms with van der Waals surface area (Å²) in [7, 11) is -3.35. The van der Waals surface area contributed by atoms with Crippen molar-refractivity contribution in [3.63, 3.8) is 0 Å². The van der Waals surface area contributed by atoms with Gasteiger partial charge in [-0.25, -0.2) is 4.79 Å². The number of carbonyl (C=O) groups excluding carboxylic acids is 1. The van der Waals surface area contributed by atoms with Crippen LogP contribution in [0.15, 0.2) is 63.7 Å². The second-order valence-electron chi connectivity index (χ2n) is 5.98. The molecule has 9 heteroatoms. The quantitative estimate of drug-likeness (QED) is 0.382. The third kappa shape index (κ3) is 3.71. The Labute approximate surface area is 160 Å². The van der Waals surface area contributed by atoms with E-state index in [1.54, 1.807) is 37.3 Å². The predicted molar refractivity (Wildman–Crippen MR) is 102 cm³/mol. The molecule has 0 aliphatic rings. The van der Waals surface area contributed by atoms with Gasteiger partial charge in [-0.3, -0.25) is 4.55 Å². The van der Waals surface area contributed by atoms with Crippen LogP contribution in [0.4, 0.5) is 11.4 Å². The van der Waals surface area contributed by atoms with E-state index in [1.807, 2.05) is 0 Å². The van der Waals surface area contributed by atoms with Crippen LogP contribution < -0.4 is 0 Å². The van der Waals surface area contributed by atoms with Gasteiger partial charge in [-0.05, 0) is 36.1 Å². The summed E-state index contributed by atoms with van der Waals surface area (Å²) in [4.78, 5) is 11.5. The van der Waals surface area contributed by atoms with Gasteiger partial charge in [0.05, 0.1) is 7.11 Å². The summed E-state index contributed by atoms with van der Waals surface area (Å²) in [6, 6.07) is 12.6. The normalized spacial score (nSPS) is 11.8. The van der Waals surface area contributed by atoms with Gasteiger partial charge >= 0.3 is 5.97 Å². The van der Waals surface area contributed by atoms with Crippen molar-refractivity contribution in [2.75, 3.05) is 7.11 Å². The Balaban J connectivity index is 2.23. The van der Waals surface area contributed by atoms with Gasteiger partial charge in [0.15, 0.2) is 5.75 Å². The minimum absolute atomic E-state index is 0.0274. The van der Waals surface area contributed by atoms with Gasteiger partial charge in [0.2, 0.25) is 0 Å². The Morgan fingerprint density at radius 2 is 1.79 bits per heavy atom. The van der Waals surface area contributed by atoms with Gasteiger partial charge in [-0.15, -0.1) is 10.2 Å². The number of phenolic OH excluding ortho intramolecular Hbond substituents is 1. The molecule has 8 nitrogen and oxygen atoms in total. The van der Waals surface area contributed by atoms with Crippen molar-refractivity contribution in [2.45, 2.75) is 11.8 Å². The highest BCUT2D eigenvalue weighted by Gasteiger charge is 2.20. The number of hydrogen-bond acceptors (Lipinski definition) is 7. The molecule has 3 aromatic rings. The molecule has 0 atom stereocenters. The lowest BCUT2D eigenvalue weighted by Crippen LogP contribution is -2.01. The van der Waals surface area contributed by atoms with Gasteiger partial charge < -0.3 is 9.84 Å². The van der Waals surface area contributed by atoms with Crippen LogP contribution in [0.3, 0.4) is 0 Å². The number of fused-ring (bicyclic) bond motifs is 1. The van der Waals surface area contributed by atoms with Crippen molar-refractivity contribution in [3.8, 4) is 5.75 Å². The molecule has 0 aromatic heterocycles. The molecule has 3 rings (SSSR count). The lowest BCUT2D eigenvalue weighted by Gasteiger charge is -2.09. The number of ether oxygens (including phenoxy) is 1. The maximum atomic E-state index is 12.0. The molecular formula is C19H16N2O6S. The lowest BCUT2D eigenvalue weighted by molar-refractivity contribution is 0.0597. The molecule has 0 aliphatic heterocycles. The van der Waals surface area contributed by atoms with Gasteiger partial charge in [0.25, 0.3) is 10.1 Å². The van der Waals surface area contributed by atoms with E-state index in [-0.39, 0.29) is 16.9 Å². The molecule has 0 amide bonds. The maximum absolute atomic E-state index is 12.0. The first-order chi connectivity index (χ1) is 13.2. The van der Waals surface area contributed by atoms with E-state index in [0.29, 0.717) is 16.3 Å². The number of benzene rings is 3. The number of nitrogens with zero attached hydrogens (tertiary/aromatic N) is 2. The summed E-state index contributed by atoms with van der Waals surface area (Å²) in [5.41, 5.74) is 0.363. The molecule has 0 bridgehead atoms. The van der Waals surface area contributed by atoms with Gasteiger partial charge in [-0.2, -0.15) is 8.42 Å². The third-order valence-corrected chi connectivity index (χ3v) is 4.93. The predicted octanol–water partition coefficient (Wildman–Crippen LogP) is 4.30. The Bertz CT molecular complexity index is 1220. The van der Waals surface area contributed by atoms with Crippen molar-refractivity contribution in [1.82, 2.24) is 0 Å². The standard InChI is InChI=1S/C19H16N2O6S/c1-11-7-8-15(16(9-11)28(24,25)26)20-21-17-13-6-4-3-5-12(13)10-14(18(17)22)19(23)27-2/h3-10,22H,1-2H3,(H,24,25,26)/b21-20+. The smallest absolute Gasteiger partial charge is 0.341 e. The highest BCUT2D eigenvalue weighted by Crippen LogP contribution is 2.40. The lowest BCUT2D eigenvalue weighted by atomic mass is 10.0. The fourth-order valence-corrected chi connectivity index (χ4v) is 3.41. The Hall–Kier alpha value is -3.30. The number of rotatable bonds is 4. The number of methoxy groups -OCH3 is 1. The second kappa shape index (κ2) is 7.37. The van der Waals surface area contributed by atoms with Crippen LogP contribution in [0.5, 0.6) is 5.75 Å². The Morgan fingerprint density at radius 1 is 1.07 bits per heavy atom. The van der Waals surface area contributed by atoms with Crippen LogP contribution in [0.25, 0.3) is 10.8 Å². The van der Waals surface area contributed by atoms with E-state index in [9.17, 15) is 22.9 Å². The molecule has 0 unspecified atom stereocenters. The third-order valence-electron chi connectivity index (χ3n) is 4.05. The van der Waals surface area contributed by atoms with Gasteiger partial charge in [0, 0.05) is 5.39 Å². The minimum atomic E-state index is -4.53. The van der Waals surface area contributed by atoms with Crippen LogP contribution in [0.1, 0.15) is 15.9 Å². The SMILES string of the molecule is COC(=O)c1cc2ccccc2c(/N=N/c2ccc(C)cc2S(=O)(=O)O)c1O. The molecule has 0 heterocycles. The minimum Gasteiger partial charge on any atom is -0.505 e. The van der Waals surface area contributed by atoms with E-state index >= 15 is 0 Å². The first-order valence-electron chi connectivity index (χ1n) is 8.05. The fourth-order valence-electron chi connectivity index (χ4n) is 2.70. The highest BCUT2D eigenvalue weighted by atomic mass is 32.2. The van der Waals surface area contributed by atoms with Crippen molar-refractivity contribution in [1.29, 1.82) is 0 Å². The first kappa shape index (κ1) is 19.5. The van der Waals surface area contributed by atoms with Crippen molar-refractivity contribution in [2.24, 2.45) is 10.2 Å². The highest BCUT2D eigenvalue weighted by molar-refractivity contribution is 7.86. The summed E-state index contributed by atoms with van der Waals surface area (Å²) in [5.74, 6) is -1.21. The van der Waals surface area contributed by atoms with E-state index in [1.165, 1.54) is 25.3 Å². The number of carbonyl (C=O) groups is 1. The van der Waals surface area contributed by atoms with Crippen molar-refractivity contribution >= 4 is 38.2 Å². The van der Waals surface area contributed by atoms with E-state index in [2.05, 4.69) is 15.0 Å². The molecule has 144 valence electrons. The topological polar surface area (TPSA) is 126 Å². The second-order valence-corrected chi connectivity index (χ2v) is 7.37. The molecule has 0 spiro atoms. The maximum Gasteiger partial charge on any atom is 0.341 e. The number of aryl methyl sites for hydroxylation is 1. The molecule has 0 saturated carbocycles. The first-order valence-corrected chi connectivity index (χ1v) is 9.49. The summed E-state index contributed by atoms with van der Waals surface area (Å²) >= 11 is 0. The molecule has 0 aliphatic carbocycles. The monoisotopic (exact) mass is 400 g/mol. The molecular weight excluding hydrogens is 384 g/mol. The van der Waals surface area contributed by atoms with E-state index < -0.39 is 26.7 Å². The fraction of sp³-hybridized carbons (Fsp3) is 0.105. The zero-order valence-electron chi connectivity index (χ0n) is 14.9. The molecule has 28 heavy (non-hydrogen) atoms. The Kier molecular flexibility index (Phi) is 5.12. The van der Waals surface area contributed by atoms with Crippen molar-refractivity contribution < 1.29 is 27.6 Å². The molecule has 0 saturated heterocycles. The number of esters is 1. The van der Waals surface area contributed by atoms with Crippen LogP contribution >= 0.6 is 0 Å². The number of hydrogen-bond donors (Lipinski definition) is 2. The summed E-state index contributed by atoms with van der Waals surface area (Å²) < 4.78 is 37.3. The summed E-state index contributed by atoms with van der Waals surface area (Å²) in [5, 5.41) is 19.5. The average Bonchev–Trinajstić information content (AvgIpc) is 2.66. The van der Waals surface area contributed by atoms with Crippen molar-refractivity contribution in [3.05, 3.63) is 59.7 Å². The molecule has 0 radical (unpaired) electrons. The molecule has 2 N–H and O–H groups in total. The van der Waals surface area contributed by atoms with E-state index in [0.717, 1.165) is 0 Å². The largest absolute Gasteiger partial charge is 0.505 e. The average molecular weight is 400 g/mol. The van der Waals surface area contributed by atoms with Gasteiger partial charge in [0.1, 0.15) is 21.8 Å². The van der Waals surface area contributed by atoms with E-state index in [4.69, 9.17) is 0 Å². The number of azo groups is 1. The molecule has 0 fully saturated rings. The van der Waals surface area contributed by atoms with Crippen LogP contribution in [-0.2, 0) is 14.9 Å². The summed E-state index contributed by atoms with van der Waals surface area (Å²) in [6.45, 7) is 1.66. The zero-order valence-corrected chi connectivity index (χ0v) is 15.8. The van der Waals surface area contributed by atoms with Gasteiger partial charge in [-0.1, -0.05) is 30.3 Å². The van der Waals surface area contributed by atoms with Crippen LogP contribution in [0.2, 0.25) is 0 Å². The number of phenols is 1. The zero-order chi connectivity index (χ0) is 20.5. The summed E-state index contributed by atoms with van der Waals surface area (Å²) in [6.07, 6.45) is 0. The molecule has 3 aromatic carbocycles. The number of aromatic hydroxyl groups is 1.